The zero-order valence-corrected chi connectivity index (χ0v) is 15.4. The maximum absolute atomic E-state index is 12.3. The van der Waals surface area contributed by atoms with Crippen LogP contribution >= 0.6 is 15.9 Å². The lowest BCUT2D eigenvalue weighted by atomic mass is 10.2. The lowest BCUT2D eigenvalue weighted by molar-refractivity contribution is 0.0729. The lowest BCUT2D eigenvalue weighted by Crippen LogP contribution is -2.10. The van der Waals surface area contributed by atoms with Gasteiger partial charge in [-0.15, -0.1) is 0 Å². The Hall–Kier alpha value is -2.38. The number of aldehydes is 1. The van der Waals surface area contributed by atoms with Crippen LogP contribution < -0.4 is 14.2 Å². The molecule has 0 atom stereocenters. The summed E-state index contributed by atoms with van der Waals surface area (Å²) in [5.74, 6) is 0.578. The summed E-state index contributed by atoms with van der Waals surface area (Å²) in [6, 6.07) is 9.43. The van der Waals surface area contributed by atoms with Crippen molar-refractivity contribution < 1.29 is 28.5 Å². The maximum Gasteiger partial charge on any atom is 0.343 e. The van der Waals surface area contributed by atoms with Gasteiger partial charge >= 0.3 is 5.97 Å². The monoisotopic (exact) mass is 408 g/mol. The molecule has 0 aliphatic rings. The van der Waals surface area contributed by atoms with Gasteiger partial charge in [0.05, 0.1) is 23.8 Å². The van der Waals surface area contributed by atoms with Crippen LogP contribution in [0.2, 0.25) is 0 Å². The highest BCUT2D eigenvalue weighted by molar-refractivity contribution is 9.10. The molecule has 0 aliphatic heterocycles. The molecule has 2 aromatic rings. The normalized spacial score (nSPS) is 10.2. The third kappa shape index (κ3) is 5.04. The molecule has 7 heteroatoms. The van der Waals surface area contributed by atoms with E-state index in [0.717, 1.165) is 0 Å². The summed E-state index contributed by atoms with van der Waals surface area (Å²) in [6.45, 7) is 0.867. The summed E-state index contributed by atoms with van der Waals surface area (Å²) in [7, 11) is 3.03. The molecule has 0 aromatic heterocycles. The van der Waals surface area contributed by atoms with Crippen molar-refractivity contribution >= 4 is 28.2 Å². The molecular weight excluding hydrogens is 392 g/mol. The van der Waals surface area contributed by atoms with Crippen LogP contribution in [-0.2, 0) is 4.74 Å². The van der Waals surface area contributed by atoms with E-state index >= 15 is 0 Å². The van der Waals surface area contributed by atoms with E-state index in [0.29, 0.717) is 46.6 Å². The van der Waals surface area contributed by atoms with Crippen LogP contribution in [0.1, 0.15) is 20.7 Å². The highest BCUT2D eigenvalue weighted by Crippen LogP contribution is 2.30. The number of methoxy groups -OCH3 is 2. The van der Waals surface area contributed by atoms with E-state index in [2.05, 4.69) is 15.9 Å². The van der Waals surface area contributed by atoms with Crippen LogP contribution in [0.15, 0.2) is 40.9 Å². The minimum atomic E-state index is -0.554. The highest BCUT2D eigenvalue weighted by atomic mass is 79.9. The fourth-order valence-corrected chi connectivity index (χ4v) is 2.47. The molecule has 0 saturated heterocycles. The minimum absolute atomic E-state index is 0.231. The van der Waals surface area contributed by atoms with Gasteiger partial charge in [-0.2, -0.15) is 0 Å². The van der Waals surface area contributed by atoms with E-state index in [-0.39, 0.29) is 5.75 Å². The summed E-state index contributed by atoms with van der Waals surface area (Å²) in [5, 5.41) is 0. The van der Waals surface area contributed by atoms with Crippen LogP contribution in [0.5, 0.6) is 17.2 Å². The molecule has 0 aliphatic carbocycles. The number of esters is 1. The number of rotatable bonds is 8. The fraction of sp³-hybridized carbons (Fsp3) is 0.222. The molecule has 0 heterocycles. The zero-order valence-electron chi connectivity index (χ0n) is 13.8. The summed E-state index contributed by atoms with van der Waals surface area (Å²) < 4.78 is 21.6. The summed E-state index contributed by atoms with van der Waals surface area (Å²) in [5.41, 5.74) is 0.768. The van der Waals surface area contributed by atoms with E-state index in [1.165, 1.54) is 19.2 Å². The second kappa shape index (κ2) is 9.19. The molecule has 0 radical (unpaired) electrons. The first-order chi connectivity index (χ1) is 12.1. The number of hydrogen-bond donors (Lipinski definition) is 0. The van der Waals surface area contributed by atoms with Gasteiger partial charge in [0.25, 0.3) is 0 Å². The topological polar surface area (TPSA) is 71.1 Å². The van der Waals surface area contributed by atoms with Gasteiger partial charge in [-0.05, 0) is 52.3 Å². The third-order valence-electron chi connectivity index (χ3n) is 3.24. The van der Waals surface area contributed by atoms with Crippen LogP contribution in [0.25, 0.3) is 0 Å². The van der Waals surface area contributed by atoms with E-state index in [4.69, 9.17) is 18.9 Å². The molecule has 0 bridgehead atoms. The van der Waals surface area contributed by atoms with Gasteiger partial charge in [-0.3, -0.25) is 4.79 Å². The van der Waals surface area contributed by atoms with Gasteiger partial charge in [0.15, 0.2) is 11.5 Å². The van der Waals surface area contributed by atoms with Crippen LogP contribution in [0.4, 0.5) is 0 Å². The van der Waals surface area contributed by atoms with Crippen molar-refractivity contribution in [3.8, 4) is 17.2 Å². The Kier molecular flexibility index (Phi) is 6.97. The Morgan fingerprint density at radius 1 is 1.04 bits per heavy atom. The predicted molar refractivity (Wildman–Crippen MR) is 94.9 cm³/mol. The molecule has 6 nitrogen and oxygen atoms in total. The van der Waals surface area contributed by atoms with Crippen molar-refractivity contribution in [1.82, 2.24) is 0 Å². The van der Waals surface area contributed by atoms with Gasteiger partial charge in [0, 0.05) is 12.7 Å². The second-order valence-corrected chi connectivity index (χ2v) is 5.76. The Morgan fingerprint density at radius 2 is 1.80 bits per heavy atom. The molecule has 0 N–H and O–H groups in total. The number of halogens is 1. The summed E-state index contributed by atoms with van der Waals surface area (Å²) in [4.78, 5) is 23.1. The zero-order chi connectivity index (χ0) is 18.2. The van der Waals surface area contributed by atoms with Gasteiger partial charge in [0.2, 0.25) is 0 Å². The molecule has 25 heavy (non-hydrogen) atoms. The molecule has 132 valence electrons. The molecule has 2 rings (SSSR count). The number of carbonyl (C=O) groups excluding carboxylic acids is 2. The molecular formula is C18H17BrO6. The largest absolute Gasteiger partial charge is 0.493 e. The molecule has 2 aromatic carbocycles. The highest BCUT2D eigenvalue weighted by Gasteiger charge is 2.15. The van der Waals surface area contributed by atoms with Crippen LogP contribution in [0.3, 0.4) is 0 Å². The van der Waals surface area contributed by atoms with Crippen molar-refractivity contribution in [2.24, 2.45) is 0 Å². The van der Waals surface area contributed by atoms with E-state index < -0.39 is 5.97 Å². The Labute approximate surface area is 153 Å². The van der Waals surface area contributed by atoms with Gasteiger partial charge < -0.3 is 18.9 Å². The average Bonchev–Trinajstić information content (AvgIpc) is 2.63. The van der Waals surface area contributed by atoms with Crippen molar-refractivity contribution in [1.29, 1.82) is 0 Å². The Balaban J connectivity index is 2.13. The number of carbonyl (C=O) groups is 2. The number of hydrogen-bond acceptors (Lipinski definition) is 6. The standard InChI is InChI=1S/C18H17BrO6/c1-22-7-8-24-15-6-4-13(10-14(15)19)18(21)25-16-5-3-12(11-20)9-17(16)23-2/h3-6,9-11H,7-8H2,1-2H3. The Bertz CT molecular complexity index is 759. The summed E-state index contributed by atoms with van der Waals surface area (Å²) in [6.07, 6.45) is 0.688. The number of benzene rings is 2. The number of ether oxygens (including phenoxy) is 4. The van der Waals surface area contributed by atoms with Gasteiger partial charge in [-0.1, -0.05) is 0 Å². The van der Waals surface area contributed by atoms with E-state index in [1.807, 2.05) is 0 Å². The molecule has 0 spiro atoms. The van der Waals surface area contributed by atoms with Crippen molar-refractivity contribution in [2.75, 3.05) is 27.4 Å². The summed E-state index contributed by atoms with van der Waals surface area (Å²) >= 11 is 3.36. The van der Waals surface area contributed by atoms with E-state index in [9.17, 15) is 9.59 Å². The van der Waals surface area contributed by atoms with E-state index in [1.54, 1.807) is 31.4 Å². The average molecular weight is 409 g/mol. The third-order valence-corrected chi connectivity index (χ3v) is 3.86. The van der Waals surface area contributed by atoms with Crippen molar-refractivity contribution in [3.63, 3.8) is 0 Å². The quantitative estimate of drug-likeness (QED) is 0.288. The van der Waals surface area contributed by atoms with Gasteiger partial charge in [-0.25, -0.2) is 4.79 Å². The van der Waals surface area contributed by atoms with Crippen molar-refractivity contribution in [2.45, 2.75) is 0 Å². The van der Waals surface area contributed by atoms with Crippen LogP contribution in [0, 0.1) is 0 Å². The maximum atomic E-state index is 12.3. The SMILES string of the molecule is COCCOc1ccc(C(=O)Oc2ccc(C=O)cc2OC)cc1Br. The van der Waals surface area contributed by atoms with Crippen LogP contribution in [-0.4, -0.2) is 39.7 Å². The van der Waals surface area contributed by atoms with Gasteiger partial charge in [0.1, 0.15) is 18.6 Å². The fourth-order valence-electron chi connectivity index (χ4n) is 1.98. The molecule has 0 fully saturated rings. The lowest BCUT2D eigenvalue weighted by Gasteiger charge is -2.11. The molecule has 0 unspecified atom stereocenters. The smallest absolute Gasteiger partial charge is 0.343 e. The Morgan fingerprint density at radius 3 is 2.44 bits per heavy atom. The molecule has 0 saturated carbocycles. The minimum Gasteiger partial charge on any atom is -0.493 e. The first kappa shape index (κ1) is 19.0. The first-order valence-electron chi connectivity index (χ1n) is 7.35. The second-order valence-electron chi connectivity index (χ2n) is 4.90. The first-order valence-corrected chi connectivity index (χ1v) is 8.15. The molecule has 0 amide bonds. The van der Waals surface area contributed by atoms with Crippen molar-refractivity contribution in [3.05, 3.63) is 52.0 Å². The predicted octanol–water partition coefficient (Wildman–Crippen LogP) is 3.51.